The van der Waals surface area contributed by atoms with Crippen molar-refractivity contribution in [2.75, 3.05) is 12.4 Å². The standard InChI is InChI=1S/C16H17N3OS/c1-12-11-13(2)19-16(18-12)21-10-9-20-15-5-3-14(4-6-15)7-8-17/h3-6,11H,7,9-10H2,1-2H3. The fraction of sp³-hybridized carbons (Fsp3) is 0.312. The Labute approximate surface area is 129 Å². The van der Waals surface area contributed by atoms with Gasteiger partial charge in [-0.05, 0) is 37.6 Å². The Morgan fingerprint density at radius 2 is 1.81 bits per heavy atom. The van der Waals surface area contributed by atoms with Gasteiger partial charge < -0.3 is 4.74 Å². The van der Waals surface area contributed by atoms with E-state index in [1.165, 1.54) is 0 Å². The van der Waals surface area contributed by atoms with Gasteiger partial charge in [0.25, 0.3) is 0 Å². The molecule has 1 heterocycles. The van der Waals surface area contributed by atoms with Crippen LogP contribution < -0.4 is 4.74 Å². The van der Waals surface area contributed by atoms with Crippen LogP contribution in [0.1, 0.15) is 17.0 Å². The fourth-order valence-electron chi connectivity index (χ4n) is 1.85. The summed E-state index contributed by atoms with van der Waals surface area (Å²) < 4.78 is 5.66. The molecule has 108 valence electrons. The number of ether oxygens (including phenoxy) is 1. The maximum atomic E-state index is 8.61. The van der Waals surface area contributed by atoms with E-state index >= 15 is 0 Å². The van der Waals surface area contributed by atoms with Gasteiger partial charge in [0.15, 0.2) is 5.16 Å². The van der Waals surface area contributed by atoms with Crippen molar-refractivity contribution in [2.24, 2.45) is 0 Å². The molecule has 0 saturated carbocycles. The van der Waals surface area contributed by atoms with Gasteiger partial charge in [-0.15, -0.1) is 0 Å². The summed E-state index contributed by atoms with van der Waals surface area (Å²) in [6.07, 6.45) is 0.431. The van der Waals surface area contributed by atoms with Crippen molar-refractivity contribution in [1.29, 1.82) is 5.26 Å². The lowest BCUT2D eigenvalue weighted by atomic mass is 10.2. The molecular weight excluding hydrogens is 282 g/mol. The van der Waals surface area contributed by atoms with E-state index in [4.69, 9.17) is 10.00 Å². The Balaban J connectivity index is 1.78. The SMILES string of the molecule is Cc1cc(C)nc(SCCOc2ccc(CC#N)cc2)n1. The summed E-state index contributed by atoms with van der Waals surface area (Å²) in [5, 5.41) is 9.41. The lowest BCUT2D eigenvalue weighted by Gasteiger charge is -2.06. The van der Waals surface area contributed by atoms with E-state index in [9.17, 15) is 0 Å². The molecule has 2 rings (SSSR count). The number of hydrogen-bond donors (Lipinski definition) is 0. The van der Waals surface area contributed by atoms with Gasteiger partial charge in [-0.2, -0.15) is 5.26 Å². The minimum Gasteiger partial charge on any atom is -0.493 e. The lowest BCUT2D eigenvalue weighted by Crippen LogP contribution is -2.02. The van der Waals surface area contributed by atoms with Crippen molar-refractivity contribution in [3.8, 4) is 11.8 Å². The first-order valence-electron chi connectivity index (χ1n) is 6.71. The summed E-state index contributed by atoms with van der Waals surface area (Å²) in [4.78, 5) is 8.75. The lowest BCUT2D eigenvalue weighted by molar-refractivity contribution is 0.344. The molecular formula is C16H17N3OS. The predicted molar refractivity (Wildman–Crippen MR) is 83.5 cm³/mol. The quantitative estimate of drug-likeness (QED) is 0.465. The highest BCUT2D eigenvalue weighted by Crippen LogP contribution is 2.16. The monoisotopic (exact) mass is 299 g/mol. The van der Waals surface area contributed by atoms with Crippen LogP contribution in [0, 0.1) is 25.2 Å². The highest BCUT2D eigenvalue weighted by molar-refractivity contribution is 7.99. The molecule has 2 aromatic rings. The number of benzene rings is 1. The van der Waals surface area contributed by atoms with E-state index < -0.39 is 0 Å². The first kappa shape index (κ1) is 15.3. The zero-order valence-electron chi connectivity index (χ0n) is 12.2. The molecule has 0 atom stereocenters. The van der Waals surface area contributed by atoms with Gasteiger partial charge in [0.05, 0.1) is 19.1 Å². The average molecular weight is 299 g/mol. The molecule has 0 unspecified atom stereocenters. The van der Waals surface area contributed by atoms with E-state index in [1.54, 1.807) is 11.8 Å². The number of nitriles is 1. The smallest absolute Gasteiger partial charge is 0.188 e. The van der Waals surface area contributed by atoms with Crippen LogP contribution in [0.5, 0.6) is 5.75 Å². The number of nitrogens with zero attached hydrogens (tertiary/aromatic N) is 3. The third kappa shape index (κ3) is 5.09. The molecule has 0 aliphatic carbocycles. The second-order valence-corrected chi connectivity index (χ2v) is 5.67. The van der Waals surface area contributed by atoms with Crippen molar-refractivity contribution in [3.63, 3.8) is 0 Å². The Morgan fingerprint density at radius 1 is 1.14 bits per heavy atom. The minimum atomic E-state index is 0.431. The van der Waals surface area contributed by atoms with E-state index in [1.807, 2.05) is 44.2 Å². The average Bonchev–Trinajstić information content (AvgIpc) is 2.45. The molecule has 0 radical (unpaired) electrons. The first-order chi connectivity index (χ1) is 10.2. The fourth-order valence-corrected chi connectivity index (χ4v) is 2.61. The molecule has 1 aromatic carbocycles. The molecule has 0 aliphatic heterocycles. The van der Waals surface area contributed by atoms with Crippen LogP contribution in [-0.4, -0.2) is 22.3 Å². The Hall–Kier alpha value is -2.06. The molecule has 21 heavy (non-hydrogen) atoms. The van der Waals surface area contributed by atoms with E-state index in [2.05, 4.69) is 16.0 Å². The third-order valence-corrected chi connectivity index (χ3v) is 3.56. The second-order valence-electron chi connectivity index (χ2n) is 4.61. The maximum absolute atomic E-state index is 8.61. The van der Waals surface area contributed by atoms with Gasteiger partial charge in [-0.3, -0.25) is 0 Å². The number of thioether (sulfide) groups is 1. The highest BCUT2D eigenvalue weighted by Gasteiger charge is 2.01. The molecule has 0 aliphatic rings. The summed E-state index contributed by atoms with van der Waals surface area (Å²) >= 11 is 1.59. The van der Waals surface area contributed by atoms with Crippen molar-refractivity contribution >= 4 is 11.8 Å². The van der Waals surface area contributed by atoms with Crippen LogP contribution in [0.4, 0.5) is 0 Å². The predicted octanol–water partition coefficient (Wildman–Crippen LogP) is 3.33. The molecule has 1 aromatic heterocycles. The second kappa shape index (κ2) is 7.65. The number of rotatable bonds is 6. The summed E-state index contributed by atoms with van der Waals surface area (Å²) in [7, 11) is 0. The molecule has 0 amide bonds. The summed E-state index contributed by atoms with van der Waals surface area (Å²) in [5.74, 6) is 1.61. The molecule has 0 bridgehead atoms. The molecule has 0 N–H and O–H groups in total. The van der Waals surface area contributed by atoms with E-state index in [0.29, 0.717) is 13.0 Å². The number of aryl methyl sites for hydroxylation is 2. The highest BCUT2D eigenvalue weighted by atomic mass is 32.2. The van der Waals surface area contributed by atoms with Crippen LogP contribution in [0.2, 0.25) is 0 Å². The third-order valence-electron chi connectivity index (χ3n) is 2.75. The van der Waals surface area contributed by atoms with Crippen LogP contribution in [0.15, 0.2) is 35.5 Å². The Kier molecular flexibility index (Phi) is 5.59. The molecule has 0 saturated heterocycles. The number of hydrogen-bond acceptors (Lipinski definition) is 5. The van der Waals surface area contributed by atoms with E-state index in [0.717, 1.165) is 33.6 Å². The zero-order chi connectivity index (χ0) is 15.1. The van der Waals surface area contributed by atoms with Crippen molar-refractivity contribution < 1.29 is 4.74 Å². The van der Waals surface area contributed by atoms with Crippen molar-refractivity contribution in [1.82, 2.24) is 9.97 Å². The zero-order valence-corrected chi connectivity index (χ0v) is 13.0. The van der Waals surface area contributed by atoms with E-state index in [-0.39, 0.29) is 0 Å². The molecule has 0 fully saturated rings. The van der Waals surface area contributed by atoms with Crippen LogP contribution >= 0.6 is 11.8 Å². The topological polar surface area (TPSA) is 58.8 Å². The van der Waals surface area contributed by atoms with Crippen molar-refractivity contribution in [2.45, 2.75) is 25.4 Å². The maximum Gasteiger partial charge on any atom is 0.188 e. The molecule has 4 nitrogen and oxygen atoms in total. The summed E-state index contributed by atoms with van der Waals surface area (Å²) in [5.41, 5.74) is 2.97. The van der Waals surface area contributed by atoms with Crippen molar-refractivity contribution in [3.05, 3.63) is 47.3 Å². The van der Waals surface area contributed by atoms with Gasteiger partial charge in [-0.1, -0.05) is 23.9 Å². The normalized spacial score (nSPS) is 10.1. The van der Waals surface area contributed by atoms with Gasteiger partial charge >= 0.3 is 0 Å². The van der Waals surface area contributed by atoms with Gasteiger partial charge in [0, 0.05) is 17.1 Å². The van der Waals surface area contributed by atoms with Gasteiger partial charge in [0.1, 0.15) is 5.75 Å². The van der Waals surface area contributed by atoms with Crippen LogP contribution in [0.25, 0.3) is 0 Å². The first-order valence-corrected chi connectivity index (χ1v) is 7.70. The Morgan fingerprint density at radius 3 is 2.43 bits per heavy atom. The van der Waals surface area contributed by atoms with Gasteiger partial charge in [-0.25, -0.2) is 9.97 Å². The summed E-state index contributed by atoms with van der Waals surface area (Å²) in [6, 6.07) is 11.7. The Bertz CT molecular complexity index is 615. The molecule has 0 spiro atoms. The number of aromatic nitrogens is 2. The van der Waals surface area contributed by atoms with Gasteiger partial charge in [0.2, 0.25) is 0 Å². The molecule has 5 heteroatoms. The van der Waals surface area contributed by atoms with Crippen LogP contribution in [0.3, 0.4) is 0 Å². The summed E-state index contributed by atoms with van der Waals surface area (Å²) in [6.45, 7) is 4.54. The minimum absolute atomic E-state index is 0.431. The largest absolute Gasteiger partial charge is 0.493 e. The van der Waals surface area contributed by atoms with Crippen LogP contribution in [-0.2, 0) is 6.42 Å².